The lowest BCUT2D eigenvalue weighted by atomic mass is 9.95. The average Bonchev–Trinajstić information content (AvgIpc) is 2.73. The molecule has 1 N–H and O–H groups in total. The predicted octanol–water partition coefficient (Wildman–Crippen LogP) is 2.21. The number of nitrogens with zero attached hydrogens (tertiary/aromatic N) is 2. The van der Waals surface area contributed by atoms with Crippen LogP contribution in [0.2, 0.25) is 0 Å². The molecule has 4 rings (SSSR count). The van der Waals surface area contributed by atoms with Crippen molar-refractivity contribution in [1.82, 2.24) is 4.31 Å². The number of benzene rings is 2. The Morgan fingerprint density at radius 1 is 1.03 bits per heavy atom. The average molecular weight is 417 g/mol. The summed E-state index contributed by atoms with van der Waals surface area (Å²) in [6.07, 6.45) is 0.625. The normalized spacial score (nSPS) is 18.2. The van der Waals surface area contributed by atoms with E-state index in [0.29, 0.717) is 24.2 Å². The van der Waals surface area contributed by atoms with Crippen LogP contribution in [0.25, 0.3) is 0 Å². The van der Waals surface area contributed by atoms with Crippen LogP contribution < -0.4 is 10.2 Å². The smallest absolute Gasteiger partial charge is 0.245 e. The molecule has 0 aliphatic carbocycles. The lowest BCUT2D eigenvalue weighted by molar-refractivity contribution is -0.125. The van der Waals surface area contributed by atoms with E-state index < -0.39 is 21.8 Å². The third kappa shape index (κ3) is 3.63. The van der Waals surface area contributed by atoms with Gasteiger partial charge >= 0.3 is 0 Å². The molecule has 2 amide bonds. The largest absolute Gasteiger partial charge is 0.323 e. The molecule has 0 saturated carbocycles. The maximum atomic E-state index is 14.0. The Hall–Kier alpha value is -2.78. The highest BCUT2D eigenvalue weighted by Gasteiger charge is 2.37. The summed E-state index contributed by atoms with van der Waals surface area (Å²) in [5.41, 5.74) is 1.22. The summed E-state index contributed by atoms with van der Waals surface area (Å²) >= 11 is 0. The fraction of sp³-hybridized carbons (Fsp3) is 0.300. The van der Waals surface area contributed by atoms with Gasteiger partial charge in [-0.2, -0.15) is 4.31 Å². The molecule has 2 aromatic rings. The molecule has 7 nitrogen and oxygen atoms in total. The van der Waals surface area contributed by atoms with Crippen LogP contribution in [-0.2, 0) is 19.6 Å². The van der Waals surface area contributed by atoms with Crippen molar-refractivity contribution < 1.29 is 22.4 Å². The maximum absolute atomic E-state index is 14.0. The number of hydrogen-bond donors (Lipinski definition) is 1. The standard InChI is InChI=1S/C20H20FN3O4S/c21-15-5-1-4-8-18(15)29(27,28)23-11-9-14(10-12-23)20(26)24-13-19(25)22-16-6-2-3-7-17(16)24/h1-8,14H,9-13H2,(H,22,25). The summed E-state index contributed by atoms with van der Waals surface area (Å²) in [7, 11) is -3.95. The number of halogens is 1. The van der Waals surface area contributed by atoms with Gasteiger partial charge in [0.25, 0.3) is 0 Å². The van der Waals surface area contributed by atoms with Crippen molar-refractivity contribution in [2.45, 2.75) is 17.7 Å². The number of piperidine rings is 1. The fourth-order valence-corrected chi connectivity index (χ4v) is 5.32. The topological polar surface area (TPSA) is 86.8 Å². The van der Waals surface area contributed by atoms with Crippen LogP contribution in [0, 0.1) is 11.7 Å². The number of nitrogens with one attached hydrogen (secondary N) is 1. The van der Waals surface area contributed by atoms with Crippen LogP contribution in [0.1, 0.15) is 12.8 Å². The molecule has 152 valence electrons. The van der Waals surface area contributed by atoms with E-state index in [1.165, 1.54) is 27.4 Å². The first-order valence-electron chi connectivity index (χ1n) is 9.33. The first kappa shape index (κ1) is 19.5. The molecule has 2 aliphatic rings. The van der Waals surface area contributed by atoms with E-state index in [2.05, 4.69) is 5.32 Å². The first-order chi connectivity index (χ1) is 13.9. The summed E-state index contributed by atoms with van der Waals surface area (Å²) in [5.74, 6) is -1.66. The Bertz CT molecular complexity index is 1060. The van der Waals surface area contributed by atoms with Crippen molar-refractivity contribution in [1.29, 1.82) is 0 Å². The van der Waals surface area contributed by atoms with Gasteiger partial charge in [0.15, 0.2) is 0 Å². The van der Waals surface area contributed by atoms with Crippen LogP contribution in [0.5, 0.6) is 0 Å². The molecule has 1 fully saturated rings. The van der Waals surface area contributed by atoms with Crippen LogP contribution >= 0.6 is 0 Å². The quantitative estimate of drug-likeness (QED) is 0.830. The molecule has 0 spiro atoms. The first-order valence-corrected chi connectivity index (χ1v) is 10.8. The number of hydrogen-bond acceptors (Lipinski definition) is 4. The minimum Gasteiger partial charge on any atom is -0.323 e. The number of carbonyl (C=O) groups excluding carboxylic acids is 2. The molecule has 1 saturated heterocycles. The molecule has 2 aliphatic heterocycles. The summed E-state index contributed by atoms with van der Waals surface area (Å²) < 4.78 is 40.6. The highest BCUT2D eigenvalue weighted by Crippen LogP contribution is 2.32. The Balaban J connectivity index is 1.48. The lowest BCUT2D eigenvalue weighted by Gasteiger charge is -2.35. The Kier molecular flexibility index (Phi) is 5.10. The second kappa shape index (κ2) is 7.57. The second-order valence-electron chi connectivity index (χ2n) is 7.10. The molecule has 0 aromatic heterocycles. The molecule has 0 bridgehead atoms. The zero-order valence-electron chi connectivity index (χ0n) is 15.5. The highest BCUT2D eigenvalue weighted by molar-refractivity contribution is 7.89. The van der Waals surface area contributed by atoms with Gasteiger partial charge < -0.3 is 10.2 Å². The minimum absolute atomic E-state index is 0.0659. The van der Waals surface area contributed by atoms with E-state index in [4.69, 9.17) is 0 Å². The van der Waals surface area contributed by atoms with Crippen molar-refractivity contribution in [3.8, 4) is 0 Å². The Labute approximate surface area is 168 Å². The number of fused-ring (bicyclic) bond motifs is 1. The number of para-hydroxylation sites is 2. The van der Waals surface area contributed by atoms with Gasteiger partial charge in [-0.25, -0.2) is 12.8 Å². The maximum Gasteiger partial charge on any atom is 0.245 e. The molecular weight excluding hydrogens is 397 g/mol. The van der Waals surface area contributed by atoms with Crippen molar-refractivity contribution in [2.75, 3.05) is 29.9 Å². The van der Waals surface area contributed by atoms with Gasteiger partial charge in [-0.3, -0.25) is 9.59 Å². The summed E-state index contributed by atoms with van der Waals surface area (Å²) in [6.45, 7) is 0.174. The third-order valence-electron chi connectivity index (χ3n) is 5.29. The van der Waals surface area contributed by atoms with Gasteiger partial charge in [-0.05, 0) is 37.1 Å². The number of anilines is 2. The lowest BCUT2D eigenvalue weighted by Crippen LogP contribution is -2.48. The van der Waals surface area contributed by atoms with E-state index in [-0.39, 0.29) is 36.3 Å². The zero-order chi connectivity index (χ0) is 20.6. The molecule has 0 unspecified atom stereocenters. The number of amides is 2. The van der Waals surface area contributed by atoms with Gasteiger partial charge in [-0.15, -0.1) is 0 Å². The molecule has 0 radical (unpaired) electrons. The molecule has 29 heavy (non-hydrogen) atoms. The minimum atomic E-state index is -3.95. The molecule has 9 heteroatoms. The van der Waals surface area contributed by atoms with Gasteiger partial charge in [0.05, 0.1) is 11.4 Å². The van der Waals surface area contributed by atoms with Crippen molar-refractivity contribution >= 4 is 33.2 Å². The Morgan fingerprint density at radius 2 is 1.69 bits per heavy atom. The van der Waals surface area contributed by atoms with Crippen molar-refractivity contribution in [2.24, 2.45) is 5.92 Å². The monoisotopic (exact) mass is 417 g/mol. The summed E-state index contributed by atoms with van der Waals surface area (Å²) in [6, 6.07) is 12.3. The van der Waals surface area contributed by atoms with E-state index in [1.54, 1.807) is 24.3 Å². The number of rotatable bonds is 3. The van der Waals surface area contributed by atoms with E-state index >= 15 is 0 Å². The van der Waals surface area contributed by atoms with Crippen LogP contribution in [0.3, 0.4) is 0 Å². The van der Waals surface area contributed by atoms with E-state index in [1.807, 2.05) is 0 Å². The zero-order valence-corrected chi connectivity index (χ0v) is 16.4. The van der Waals surface area contributed by atoms with Crippen molar-refractivity contribution in [3.05, 3.63) is 54.3 Å². The highest BCUT2D eigenvalue weighted by atomic mass is 32.2. The Morgan fingerprint density at radius 3 is 2.41 bits per heavy atom. The number of sulfonamides is 1. The summed E-state index contributed by atoms with van der Waals surface area (Å²) in [5, 5.41) is 2.74. The summed E-state index contributed by atoms with van der Waals surface area (Å²) in [4.78, 5) is 26.1. The van der Waals surface area contributed by atoms with Crippen LogP contribution in [0.4, 0.5) is 15.8 Å². The van der Waals surface area contributed by atoms with E-state index in [0.717, 1.165) is 6.07 Å². The number of carbonyl (C=O) groups is 2. The van der Waals surface area contributed by atoms with Crippen LogP contribution in [0.15, 0.2) is 53.4 Å². The van der Waals surface area contributed by atoms with Crippen LogP contribution in [-0.4, -0.2) is 44.2 Å². The molecule has 2 heterocycles. The van der Waals surface area contributed by atoms with Gasteiger partial charge in [0.1, 0.15) is 17.3 Å². The van der Waals surface area contributed by atoms with E-state index in [9.17, 15) is 22.4 Å². The molecule has 0 atom stereocenters. The molecular formula is C20H20FN3O4S. The second-order valence-corrected chi connectivity index (χ2v) is 9.00. The van der Waals surface area contributed by atoms with Crippen molar-refractivity contribution in [3.63, 3.8) is 0 Å². The van der Waals surface area contributed by atoms with Gasteiger partial charge in [-0.1, -0.05) is 24.3 Å². The van der Waals surface area contributed by atoms with Gasteiger partial charge in [0.2, 0.25) is 21.8 Å². The third-order valence-corrected chi connectivity index (χ3v) is 7.23. The molecule has 2 aromatic carbocycles. The SMILES string of the molecule is O=C1CN(C(=O)C2CCN(S(=O)(=O)c3ccccc3F)CC2)c2ccccc2N1. The fourth-order valence-electron chi connectivity index (χ4n) is 3.79. The predicted molar refractivity (Wildman–Crippen MR) is 105 cm³/mol. The van der Waals surface area contributed by atoms with Gasteiger partial charge in [0, 0.05) is 19.0 Å².